The summed E-state index contributed by atoms with van der Waals surface area (Å²) in [5, 5.41) is 6.42. The zero-order valence-corrected chi connectivity index (χ0v) is 25.4. The molecule has 0 fully saturated rings. The molecule has 0 bridgehead atoms. The van der Waals surface area contributed by atoms with E-state index in [1.807, 2.05) is 6.92 Å². The number of halogens is 3. The summed E-state index contributed by atoms with van der Waals surface area (Å²) in [5.41, 5.74) is 2.36. The Morgan fingerprint density at radius 3 is 2.67 bits per heavy atom. The summed E-state index contributed by atoms with van der Waals surface area (Å²) in [6.45, 7) is 2.16. The maximum atomic E-state index is 15.1. The Morgan fingerprint density at radius 1 is 1.02 bits per heavy atom. The Labute approximate surface area is 256 Å². The van der Waals surface area contributed by atoms with E-state index in [-0.39, 0.29) is 42.7 Å². The van der Waals surface area contributed by atoms with Crippen molar-refractivity contribution in [3.05, 3.63) is 93.5 Å². The van der Waals surface area contributed by atoms with Crippen LogP contribution in [0.5, 0.6) is 5.75 Å². The van der Waals surface area contributed by atoms with E-state index in [4.69, 9.17) is 21.1 Å². The van der Waals surface area contributed by atoms with Crippen LogP contribution in [0.1, 0.15) is 23.9 Å². The molecule has 0 radical (unpaired) electrons. The van der Waals surface area contributed by atoms with Gasteiger partial charge in [-0.1, -0.05) is 30.7 Å². The second kappa shape index (κ2) is 13.7. The van der Waals surface area contributed by atoms with Gasteiger partial charge in [0.1, 0.15) is 41.1 Å². The fourth-order valence-electron chi connectivity index (χ4n) is 4.25. The molecular weight excluding hydrogens is 618 g/mol. The Bertz CT molecular complexity index is 1850. The van der Waals surface area contributed by atoms with Crippen molar-refractivity contribution >= 4 is 55.2 Å². The van der Waals surface area contributed by atoms with Gasteiger partial charge in [-0.25, -0.2) is 32.2 Å². The lowest BCUT2D eigenvalue weighted by molar-refractivity contribution is 0.135. The van der Waals surface area contributed by atoms with E-state index in [1.54, 1.807) is 41.8 Å². The summed E-state index contributed by atoms with van der Waals surface area (Å²) in [5.74, 6) is 0.100. The lowest BCUT2D eigenvalue weighted by Gasteiger charge is -2.12. The second-order valence-electron chi connectivity index (χ2n) is 9.59. The highest BCUT2D eigenvalue weighted by Gasteiger charge is 2.16. The van der Waals surface area contributed by atoms with E-state index in [0.29, 0.717) is 55.9 Å². The number of nitrogens with one attached hydrogen (secondary N) is 1. The van der Waals surface area contributed by atoms with E-state index >= 15 is 4.39 Å². The number of hydrogen-bond donors (Lipinski definition) is 1. The first-order valence-corrected chi connectivity index (χ1v) is 16.4. The standard InChI is InChI=1S/C30H27ClF2N4O4S2/c1-2-9-43(38,39)10-8-40-16-29-37-27(17-42-29)22-13-23-26(14-25(22)33)34-18-35-30(23)36-21-6-7-28(24(31)12-21)41-15-19-4-3-5-20(32)11-19/h3-7,11-14,17-18H,2,8-10,15-16H2,1H3,(H,34,35,36). The van der Waals surface area contributed by atoms with Crippen LogP contribution in [0.15, 0.2) is 66.3 Å². The fourth-order valence-corrected chi connectivity index (χ4v) is 6.42. The van der Waals surface area contributed by atoms with Crippen LogP contribution in [0.4, 0.5) is 20.3 Å². The van der Waals surface area contributed by atoms with Crippen LogP contribution >= 0.6 is 22.9 Å². The van der Waals surface area contributed by atoms with Gasteiger partial charge in [0.15, 0.2) is 9.84 Å². The molecule has 43 heavy (non-hydrogen) atoms. The summed E-state index contributed by atoms with van der Waals surface area (Å²) in [6, 6.07) is 14.2. The van der Waals surface area contributed by atoms with Crippen LogP contribution < -0.4 is 10.1 Å². The monoisotopic (exact) mass is 644 g/mol. The van der Waals surface area contributed by atoms with Crippen LogP contribution in [-0.4, -0.2) is 41.5 Å². The molecule has 0 saturated heterocycles. The average Bonchev–Trinajstić information content (AvgIpc) is 3.43. The quantitative estimate of drug-likeness (QED) is 0.133. The third-order valence-electron chi connectivity index (χ3n) is 6.31. The zero-order valence-electron chi connectivity index (χ0n) is 23.0. The number of nitrogens with zero attached hydrogens (tertiary/aromatic N) is 3. The number of anilines is 2. The molecule has 0 aliphatic heterocycles. The third-order valence-corrected chi connectivity index (χ3v) is 9.25. The van der Waals surface area contributed by atoms with Gasteiger partial charge in [-0.3, -0.25) is 0 Å². The van der Waals surface area contributed by atoms with Crippen molar-refractivity contribution in [2.24, 2.45) is 0 Å². The predicted molar refractivity (Wildman–Crippen MR) is 165 cm³/mol. The molecule has 3 aromatic carbocycles. The molecular formula is C30H27ClF2N4O4S2. The molecule has 0 aliphatic carbocycles. The minimum Gasteiger partial charge on any atom is -0.487 e. The van der Waals surface area contributed by atoms with Crippen molar-refractivity contribution in [1.82, 2.24) is 15.0 Å². The number of hydrogen-bond acceptors (Lipinski definition) is 9. The largest absolute Gasteiger partial charge is 0.487 e. The zero-order chi connectivity index (χ0) is 30.4. The summed E-state index contributed by atoms with van der Waals surface area (Å²) < 4.78 is 63.6. The highest BCUT2D eigenvalue weighted by molar-refractivity contribution is 7.91. The number of sulfone groups is 1. The molecule has 13 heteroatoms. The van der Waals surface area contributed by atoms with E-state index < -0.39 is 15.7 Å². The molecule has 2 aromatic heterocycles. The predicted octanol–water partition coefficient (Wildman–Crippen LogP) is 7.35. The highest BCUT2D eigenvalue weighted by Crippen LogP contribution is 2.34. The summed E-state index contributed by atoms with van der Waals surface area (Å²) in [6.07, 6.45) is 1.90. The van der Waals surface area contributed by atoms with Crippen molar-refractivity contribution in [3.8, 4) is 17.0 Å². The Balaban J connectivity index is 1.29. The van der Waals surface area contributed by atoms with Gasteiger partial charge < -0.3 is 14.8 Å². The third kappa shape index (κ3) is 8.02. The first-order chi connectivity index (χ1) is 20.7. The number of thiazole rings is 1. The summed E-state index contributed by atoms with van der Waals surface area (Å²) >= 11 is 7.75. The Morgan fingerprint density at radius 2 is 1.88 bits per heavy atom. The van der Waals surface area contributed by atoms with Crippen LogP contribution in [-0.2, 0) is 27.8 Å². The Kier molecular flexibility index (Phi) is 9.81. The molecule has 5 rings (SSSR count). The second-order valence-corrected chi connectivity index (χ2v) is 13.2. The van der Waals surface area contributed by atoms with E-state index in [9.17, 15) is 12.8 Å². The van der Waals surface area contributed by atoms with Crippen LogP contribution in [0.2, 0.25) is 5.02 Å². The molecule has 0 unspecified atom stereocenters. The SMILES string of the molecule is CCCS(=O)(=O)CCOCc1nc(-c2cc3c(Nc4ccc(OCc5cccc(F)c5)c(Cl)c4)ncnc3cc2F)cs1. The van der Waals surface area contributed by atoms with Gasteiger partial charge >= 0.3 is 0 Å². The summed E-state index contributed by atoms with van der Waals surface area (Å²) in [7, 11) is -3.13. The molecule has 0 saturated carbocycles. The number of ether oxygens (including phenoxy) is 2. The van der Waals surface area contributed by atoms with Gasteiger partial charge in [-0.2, -0.15) is 0 Å². The topological polar surface area (TPSA) is 103 Å². The fraction of sp³-hybridized carbons (Fsp3) is 0.233. The number of benzene rings is 3. The van der Waals surface area contributed by atoms with Crippen molar-refractivity contribution < 1.29 is 26.7 Å². The van der Waals surface area contributed by atoms with Gasteiger partial charge in [0.25, 0.3) is 0 Å². The van der Waals surface area contributed by atoms with E-state index in [0.717, 1.165) is 0 Å². The lowest BCUT2D eigenvalue weighted by Crippen LogP contribution is -2.15. The number of fused-ring (bicyclic) bond motifs is 1. The van der Waals surface area contributed by atoms with Gasteiger partial charge in [-0.05, 0) is 48.4 Å². The average molecular weight is 645 g/mol. The lowest BCUT2D eigenvalue weighted by atomic mass is 10.1. The van der Waals surface area contributed by atoms with Crippen molar-refractivity contribution in [3.63, 3.8) is 0 Å². The minimum absolute atomic E-state index is 0.0516. The van der Waals surface area contributed by atoms with Crippen molar-refractivity contribution in [1.29, 1.82) is 0 Å². The van der Waals surface area contributed by atoms with E-state index in [1.165, 1.54) is 35.9 Å². The molecule has 224 valence electrons. The number of aromatic nitrogens is 3. The maximum Gasteiger partial charge on any atom is 0.152 e. The molecule has 8 nitrogen and oxygen atoms in total. The van der Waals surface area contributed by atoms with Crippen LogP contribution in [0.3, 0.4) is 0 Å². The Hall–Kier alpha value is -3.71. The molecule has 5 aromatic rings. The molecule has 0 atom stereocenters. The van der Waals surface area contributed by atoms with Crippen molar-refractivity contribution in [2.45, 2.75) is 26.6 Å². The summed E-state index contributed by atoms with van der Waals surface area (Å²) in [4.78, 5) is 13.0. The number of rotatable bonds is 13. The molecule has 2 heterocycles. The molecule has 0 spiro atoms. The molecule has 0 aliphatic rings. The van der Waals surface area contributed by atoms with Gasteiger partial charge in [0, 0.05) is 33.8 Å². The maximum absolute atomic E-state index is 15.1. The van der Waals surface area contributed by atoms with Gasteiger partial charge in [-0.15, -0.1) is 11.3 Å². The van der Waals surface area contributed by atoms with Gasteiger partial charge in [0.05, 0.1) is 35.2 Å². The molecule has 0 amide bonds. The van der Waals surface area contributed by atoms with Crippen LogP contribution in [0.25, 0.3) is 22.2 Å². The normalized spacial score (nSPS) is 11.6. The first kappa shape index (κ1) is 30.7. The van der Waals surface area contributed by atoms with Crippen LogP contribution in [0, 0.1) is 11.6 Å². The molecule has 1 N–H and O–H groups in total. The minimum atomic E-state index is -3.13. The highest BCUT2D eigenvalue weighted by atomic mass is 35.5. The first-order valence-electron chi connectivity index (χ1n) is 13.3. The van der Waals surface area contributed by atoms with Crippen molar-refractivity contribution in [2.75, 3.05) is 23.4 Å². The van der Waals surface area contributed by atoms with Gasteiger partial charge in [0.2, 0.25) is 0 Å². The smallest absolute Gasteiger partial charge is 0.152 e. The van der Waals surface area contributed by atoms with E-state index in [2.05, 4.69) is 20.3 Å².